The minimum Gasteiger partial charge on any atom is -0.376 e. The first-order valence-corrected chi connectivity index (χ1v) is 8.86. The van der Waals surface area contributed by atoms with Crippen LogP contribution >= 0.6 is 0 Å². The molecule has 1 unspecified atom stereocenters. The van der Waals surface area contributed by atoms with Gasteiger partial charge in [-0.3, -0.25) is 4.79 Å². The van der Waals surface area contributed by atoms with Crippen molar-refractivity contribution >= 4 is 5.91 Å². The van der Waals surface area contributed by atoms with Crippen molar-refractivity contribution in [2.24, 2.45) is 0 Å². The van der Waals surface area contributed by atoms with Crippen LogP contribution in [0.2, 0.25) is 0 Å². The molecule has 1 aliphatic rings. The van der Waals surface area contributed by atoms with Crippen molar-refractivity contribution in [2.45, 2.75) is 45.4 Å². The van der Waals surface area contributed by atoms with Crippen molar-refractivity contribution in [3.8, 4) is 5.69 Å². The molecule has 3 rings (SSSR count). The maximum atomic E-state index is 13.0. The summed E-state index contributed by atoms with van der Waals surface area (Å²) in [5.41, 5.74) is 1.58. The summed E-state index contributed by atoms with van der Waals surface area (Å²) >= 11 is 0. The molecule has 146 valence electrons. The number of aromatic nitrogens is 2. The van der Waals surface area contributed by atoms with Crippen molar-refractivity contribution in [1.82, 2.24) is 15.1 Å². The lowest BCUT2D eigenvalue weighted by Crippen LogP contribution is -2.33. The Morgan fingerprint density at radius 2 is 2.15 bits per heavy atom. The molecule has 1 amide bonds. The molecule has 0 bridgehead atoms. The van der Waals surface area contributed by atoms with E-state index in [1.165, 1.54) is 10.7 Å². The van der Waals surface area contributed by atoms with E-state index in [0.717, 1.165) is 37.1 Å². The number of halogens is 3. The first-order valence-electron chi connectivity index (χ1n) is 8.86. The first kappa shape index (κ1) is 19.4. The number of ether oxygens (including phenoxy) is 1. The second kappa shape index (κ2) is 7.72. The summed E-state index contributed by atoms with van der Waals surface area (Å²) in [7, 11) is 0. The number of nitrogens with one attached hydrogen (secondary N) is 1. The molecular weight excluding hydrogens is 359 g/mol. The number of aryl methyl sites for hydroxylation is 1. The van der Waals surface area contributed by atoms with E-state index in [0.29, 0.717) is 23.6 Å². The summed E-state index contributed by atoms with van der Waals surface area (Å²) in [5, 5.41) is 7.19. The van der Waals surface area contributed by atoms with Crippen molar-refractivity contribution < 1.29 is 22.7 Å². The zero-order chi connectivity index (χ0) is 19.6. The van der Waals surface area contributed by atoms with Crippen LogP contribution < -0.4 is 5.32 Å². The SMILES string of the molecule is Cc1nn(-c2cccc(C(F)(F)F)c2)c(C)c1CC(=O)NCC1CCCO1. The highest BCUT2D eigenvalue weighted by Gasteiger charge is 2.30. The summed E-state index contributed by atoms with van der Waals surface area (Å²) in [4.78, 5) is 12.3. The lowest BCUT2D eigenvalue weighted by atomic mass is 10.1. The van der Waals surface area contributed by atoms with Crippen LogP contribution in [0.3, 0.4) is 0 Å². The minimum atomic E-state index is -4.42. The molecular formula is C19H22F3N3O2. The molecule has 2 aromatic rings. The van der Waals surface area contributed by atoms with Crippen LogP contribution in [-0.2, 0) is 22.1 Å². The van der Waals surface area contributed by atoms with E-state index in [9.17, 15) is 18.0 Å². The number of hydrogen-bond acceptors (Lipinski definition) is 3. The van der Waals surface area contributed by atoms with E-state index < -0.39 is 11.7 Å². The molecule has 5 nitrogen and oxygen atoms in total. The lowest BCUT2D eigenvalue weighted by Gasteiger charge is -2.11. The highest BCUT2D eigenvalue weighted by atomic mass is 19.4. The number of amides is 1. The van der Waals surface area contributed by atoms with Gasteiger partial charge in [0.05, 0.1) is 29.5 Å². The molecule has 27 heavy (non-hydrogen) atoms. The fourth-order valence-electron chi connectivity index (χ4n) is 3.25. The summed E-state index contributed by atoms with van der Waals surface area (Å²) < 4.78 is 45.8. The van der Waals surface area contributed by atoms with Crippen LogP contribution in [-0.4, -0.2) is 34.9 Å². The highest BCUT2D eigenvalue weighted by Crippen LogP contribution is 2.30. The predicted octanol–water partition coefficient (Wildman–Crippen LogP) is 3.35. The molecule has 1 atom stereocenters. The molecule has 0 radical (unpaired) electrons. The molecule has 0 saturated carbocycles. The maximum Gasteiger partial charge on any atom is 0.416 e. The van der Waals surface area contributed by atoms with Gasteiger partial charge in [0, 0.05) is 24.4 Å². The summed E-state index contributed by atoms with van der Waals surface area (Å²) in [6.45, 7) is 4.70. The average molecular weight is 381 g/mol. The maximum absolute atomic E-state index is 13.0. The third-order valence-electron chi connectivity index (χ3n) is 4.75. The molecule has 0 spiro atoms. The van der Waals surface area contributed by atoms with E-state index in [1.54, 1.807) is 19.9 Å². The van der Waals surface area contributed by atoms with Crippen molar-refractivity contribution in [2.75, 3.05) is 13.2 Å². The zero-order valence-corrected chi connectivity index (χ0v) is 15.3. The van der Waals surface area contributed by atoms with Crippen LogP contribution in [0.4, 0.5) is 13.2 Å². The fraction of sp³-hybridized carbons (Fsp3) is 0.474. The normalized spacial score (nSPS) is 17.3. The second-order valence-corrected chi connectivity index (χ2v) is 6.73. The summed E-state index contributed by atoms with van der Waals surface area (Å²) in [6.07, 6.45) is -2.29. The van der Waals surface area contributed by atoms with Gasteiger partial charge in [-0.05, 0) is 44.9 Å². The number of benzene rings is 1. The molecule has 1 aromatic heterocycles. The molecule has 1 aliphatic heterocycles. The van der Waals surface area contributed by atoms with E-state index in [4.69, 9.17) is 4.74 Å². The molecule has 0 aliphatic carbocycles. The molecule has 1 aromatic carbocycles. The van der Waals surface area contributed by atoms with Gasteiger partial charge in [0.1, 0.15) is 0 Å². The van der Waals surface area contributed by atoms with Gasteiger partial charge in [0.25, 0.3) is 0 Å². The number of alkyl halides is 3. The first-order chi connectivity index (χ1) is 12.8. The van der Waals surface area contributed by atoms with Gasteiger partial charge in [-0.1, -0.05) is 6.07 Å². The standard InChI is InChI=1S/C19H22F3N3O2/c1-12-17(10-18(26)23-11-16-7-4-8-27-16)13(2)25(24-12)15-6-3-5-14(9-15)19(20,21)22/h3,5-6,9,16H,4,7-8,10-11H2,1-2H3,(H,23,26). The predicted molar refractivity (Wildman–Crippen MR) is 93.7 cm³/mol. The lowest BCUT2D eigenvalue weighted by molar-refractivity contribution is -0.137. The van der Waals surface area contributed by atoms with Crippen LogP contribution in [0.25, 0.3) is 5.69 Å². The van der Waals surface area contributed by atoms with Gasteiger partial charge in [-0.15, -0.1) is 0 Å². The molecule has 1 N–H and O–H groups in total. The van der Waals surface area contributed by atoms with Crippen molar-refractivity contribution in [3.05, 3.63) is 46.8 Å². The summed E-state index contributed by atoms with van der Waals surface area (Å²) in [6, 6.07) is 4.99. The van der Waals surface area contributed by atoms with Gasteiger partial charge in [0.2, 0.25) is 5.91 Å². The molecule has 1 fully saturated rings. The Kier molecular flexibility index (Phi) is 5.55. The van der Waals surface area contributed by atoms with E-state index in [-0.39, 0.29) is 18.4 Å². The van der Waals surface area contributed by atoms with E-state index >= 15 is 0 Å². The van der Waals surface area contributed by atoms with Crippen LogP contribution in [0.1, 0.15) is 35.4 Å². The van der Waals surface area contributed by atoms with Crippen molar-refractivity contribution in [1.29, 1.82) is 0 Å². The molecule has 8 heteroatoms. The quantitative estimate of drug-likeness (QED) is 0.864. The minimum absolute atomic E-state index is 0.0592. The Hall–Kier alpha value is -2.35. The van der Waals surface area contributed by atoms with Crippen LogP contribution in [0.15, 0.2) is 24.3 Å². The zero-order valence-electron chi connectivity index (χ0n) is 15.3. The monoisotopic (exact) mass is 381 g/mol. The van der Waals surface area contributed by atoms with E-state index in [2.05, 4.69) is 10.4 Å². The molecule has 1 saturated heterocycles. The largest absolute Gasteiger partial charge is 0.416 e. The third kappa shape index (κ3) is 4.50. The smallest absolute Gasteiger partial charge is 0.376 e. The number of carbonyl (C=O) groups excluding carboxylic acids is 1. The Labute approximate surface area is 155 Å². The van der Waals surface area contributed by atoms with Gasteiger partial charge in [-0.25, -0.2) is 4.68 Å². The number of hydrogen-bond donors (Lipinski definition) is 1. The van der Waals surface area contributed by atoms with Crippen LogP contribution in [0.5, 0.6) is 0 Å². The van der Waals surface area contributed by atoms with Gasteiger partial charge < -0.3 is 10.1 Å². The van der Waals surface area contributed by atoms with Gasteiger partial charge in [-0.2, -0.15) is 18.3 Å². The average Bonchev–Trinajstić information content (AvgIpc) is 3.23. The van der Waals surface area contributed by atoms with Gasteiger partial charge in [0.15, 0.2) is 0 Å². The Balaban J connectivity index is 1.75. The number of rotatable bonds is 5. The third-order valence-corrected chi connectivity index (χ3v) is 4.75. The van der Waals surface area contributed by atoms with Crippen LogP contribution in [0, 0.1) is 13.8 Å². The Morgan fingerprint density at radius 1 is 1.37 bits per heavy atom. The van der Waals surface area contributed by atoms with Crippen molar-refractivity contribution in [3.63, 3.8) is 0 Å². The fourth-order valence-corrected chi connectivity index (χ4v) is 3.25. The Bertz CT molecular complexity index is 824. The number of nitrogens with zero attached hydrogens (tertiary/aromatic N) is 2. The van der Waals surface area contributed by atoms with Gasteiger partial charge >= 0.3 is 6.18 Å². The summed E-state index contributed by atoms with van der Waals surface area (Å²) in [5.74, 6) is -0.153. The van der Waals surface area contributed by atoms with E-state index in [1.807, 2.05) is 0 Å². The topological polar surface area (TPSA) is 56.2 Å². The number of carbonyl (C=O) groups is 1. The Morgan fingerprint density at radius 3 is 2.81 bits per heavy atom. The second-order valence-electron chi connectivity index (χ2n) is 6.73. The molecule has 2 heterocycles. The highest BCUT2D eigenvalue weighted by molar-refractivity contribution is 5.79.